The van der Waals surface area contributed by atoms with Crippen LogP contribution in [-0.4, -0.2) is 0 Å². The summed E-state index contributed by atoms with van der Waals surface area (Å²) in [7, 11) is 0. The molecule has 0 bridgehead atoms. The number of nitriles is 1. The molecule has 56 valence electrons. The minimum atomic E-state index is 0.265. The molecule has 0 radical (unpaired) electrons. The van der Waals surface area contributed by atoms with Crippen LogP contribution in [0.15, 0.2) is 12.1 Å². The molecule has 0 spiro atoms. The second-order valence-electron chi connectivity index (χ2n) is 2.08. The zero-order valence-electron chi connectivity index (χ0n) is 5.63. The molecule has 0 fully saturated rings. The van der Waals surface area contributed by atoms with Crippen LogP contribution >= 0.6 is 11.6 Å². The van der Waals surface area contributed by atoms with Gasteiger partial charge in [-0.3, -0.25) is 0 Å². The molecule has 1 rings (SSSR count). The lowest BCUT2D eigenvalue weighted by molar-refractivity contribution is 1.48. The molecule has 0 unspecified atom stereocenters. The van der Waals surface area contributed by atoms with Gasteiger partial charge in [-0.15, -0.1) is 0 Å². The minimum absolute atomic E-state index is 0.265. The molecule has 3 nitrogen and oxygen atoms in total. The molecule has 0 saturated heterocycles. The normalized spacial score (nSPS) is 9.09. The van der Waals surface area contributed by atoms with Crippen LogP contribution in [0.1, 0.15) is 5.56 Å². The van der Waals surface area contributed by atoms with Gasteiger partial charge in [0.25, 0.3) is 0 Å². The van der Waals surface area contributed by atoms with E-state index in [2.05, 4.69) is 0 Å². The highest BCUT2D eigenvalue weighted by Crippen LogP contribution is 2.25. The van der Waals surface area contributed by atoms with Crippen molar-refractivity contribution in [2.75, 3.05) is 11.5 Å². The zero-order valence-corrected chi connectivity index (χ0v) is 6.39. The Morgan fingerprint density at radius 3 is 2.55 bits per heavy atom. The largest absolute Gasteiger partial charge is 0.399 e. The fourth-order valence-corrected chi connectivity index (χ4v) is 0.903. The lowest BCUT2D eigenvalue weighted by Gasteiger charge is -2.00. The van der Waals surface area contributed by atoms with Crippen LogP contribution in [0.2, 0.25) is 5.02 Å². The summed E-state index contributed by atoms with van der Waals surface area (Å²) in [5.74, 6) is 0. The highest BCUT2D eigenvalue weighted by Gasteiger charge is 2.03. The molecule has 0 atom stereocenters. The third-order valence-corrected chi connectivity index (χ3v) is 1.67. The van der Waals surface area contributed by atoms with Crippen LogP contribution in [0.25, 0.3) is 0 Å². The summed E-state index contributed by atoms with van der Waals surface area (Å²) in [6.45, 7) is 0. The summed E-state index contributed by atoms with van der Waals surface area (Å²) in [5.41, 5.74) is 11.9. The third kappa shape index (κ3) is 1.36. The maximum atomic E-state index is 8.52. The number of hydrogen-bond donors (Lipinski definition) is 2. The van der Waals surface area contributed by atoms with Crippen molar-refractivity contribution in [2.45, 2.75) is 0 Å². The Bertz CT molecular complexity index is 327. The van der Waals surface area contributed by atoms with E-state index in [4.69, 9.17) is 28.3 Å². The Labute approximate surface area is 69.2 Å². The van der Waals surface area contributed by atoms with Gasteiger partial charge >= 0.3 is 0 Å². The Hall–Kier alpha value is -1.40. The molecule has 0 aliphatic rings. The lowest BCUT2D eigenvalue weighted by Crippen LogP contribution is -1.93. The predicted molar refractivity (Wildman–Crippen MR) is 45.0 cm³/mol. The average molecular weight is 168 g/mol. The summed E-state index contributed by atoms with van der Waals surface area (Å²) < 4.78 is 0. The van der Waals surface area contributed by atoms with E-state index in [1.54, 1.807) is 0 Å². The molecule has 0 amide bonds. The molecule has 0 aliphatic heterocycles. The van der Waals surface area contributed by atoms with E-state index in [1.165, 1.54) is 12.1 Å². The minimum Gasteiger partial charge on any atom is -0.399 e. The second-order valence-corrected chi connectivity index (χ2v) is 2.46. The summed E-state index contributed by atoms with van der Waals surface area (Å²) in [4.78, 5) is 0. The van der Waals surface area contributed by atoms with E-state index in [0.29, 0.717) is 16.9 Å². The fourth-order valence-electron chi connectivity index (χ4n) is 0.751. The van der Waals surface area contributed by atoms with Gasteiger partial charge in [-0.2, -0.15) is 5.26 Å². The number of halogens is 1. The lowest BCUT2D eigenvalue weighted by atomic mass is 10.2. The van der Waals surface area contributed by atoms with Gasteiger partial charge in [0.15, 0.2) is 0 Å². The number of anilines is 2. The predicted octanol–water partition coefficient (Wildman–Crippen LogP) is 1.38. The second kappa shape index (κ2) is 2.69. The van der Waals surface area contributed by atoms with E-state index < -0.39 is 0 Å². The van der Waals surface area contributed by atoms with Gasteiger partial charge in [0.2, 0.25) is 0 Å². The highest BCUT2D eigenvalue weighted by atomic mass is 35.5. The fraction of sp³-hybridized carbons (Fsp3) is 0. The van der Waals surface area contributed by atoms with Gasteiger partial charge in [0.05, 0.1) is 16.3 Å². The van der Waals surface area contributed by atoms with E-state index in [9.17, 15) is 0 Å². The molecule has 1 aromatic carbocycles. The highest BCUT2D eigenvalue weighted by molar-refractivity contribution is 6.34. The van der Waals surface area contributed by atoms with Crippen LogP contribution in [0.4, 0.5) is 11.4 Å². The summed E-state index contributed by atoms with van der Waals surface area (Å²) in [6.07, 6.45) is 0. The van der Waals surface area contributed by atoms with Crippen molar-refractivity contribution in [1.29, 1.82) is 5.26 Å². The first-order valence-corrected chi connectivity index (χ1v) is 3.27. The molecular weight excluding hydrogens is 162 g/mol. The zero-order chi connectivity index (χ0) is 8.43. The Balaban J connectivity index is 3.39. The quantitative estimate of drug-likeness (QED) is 0.573. The maximum Gasteiger partial charge on any atom is 0.101 e. The Morgan fingerprint density at radius 2 is 2.00 bits per heavy atom. The number of nitrogens with zero attached hydrogens (tertiary/aromatic N) is 1. The van der Waals surface area contributed by atoms with E-state index in [0.717, 1.165) is 0 Å². The van der Waals surface area contributed by atoms with Gasteiger partial charge in [0.1, 0.15) is 6.07 Å². The SMILES string of the molecule is N#Cc1cc(N)cc(N)c1Cl. The first-order chi connectivity index (χ1) is 5.15. The molecule has 4 N–H and O–H groups in total. The van der Waals surface area contributed by atoms with E-state index >= 15 is 0 Å². The molecule has 0 saturated carbocycles. The van der Waals surface area contributed by atoms with Crippen molar-refractivity contribution in [2.24, 2.45) is 0 Å². The van der Waals surface area contributed by atoms with Crippen LogP contribution < -0.4 is 11.5 Å². The van der Waals surface area contributed by atoms with Gasteiger partial charge in [-0.1, -0.05) is 11.6 Å². The van der Waals surface area contributed by atoms with Crippen molar-refractivity contribution in [3.05, 3.63) is 22.7 Å². The standard InChI is InChI=1S/C7H6ClN3/c8-7-4(3-9)1-5(10)2-6(7)11/h1-2H,10-11H2. The van der Waals surface area contributed by atoms with Gasteiger partial charge in [-0.25, -0.2) is 0 Å². The molecule has 0 aliphatic carbocycles. The first kappa shape index (κ1) is 7.70. The molecule has 0 aromatic heterocycles. The van der Waals surface area contributed by atoms with Crippen molar-refractivity contribution >= 4 is 23.0 Å². The smallest absolute Gasteiger partial charge is 0.101 e. The Morgan fingerprint density at radius 1 is 1.36 bits per heavy atom. The topological polar surface area (TPSA) is 75.8 Å². The average Bonchev–Trinajstić information content (AvgIpc) is 1.96. The summed E-state index contributed by atoms with van der Waals surface area (Å²) in [5, 5.41) is 8.79. The number of nitrogen functional groups attached to an aromatic ring is 2. The van der Waals surface area contributed by atoms with Crippen LogP contribution in [0, 0.1) is 11.3 Å². The van der Waals surface area contributed by atoms with Crippen LogP contribution in [0.3, 0.4) is 0 Å². The van der Waals surface area contributed by atoms with Gasteiger partial charge in [0, 0.05) is 5.69 Å². The monoisotopic (exact) mass is 167 g/mol. The summed E-state index contributed by atoms with van der Waals surface area (Å²) in [6, 6.07) is 4.89. The van der Waals surface area contributed by atoms with Gasteiger partial charge < -0.3 is 11.5 Å². The number of hydrogen-bond acceptors (Lipinski definition) is 3. The Kier molecular flexibility index (Phi) is 1.88. The number of rotatable bonds is 0. The van der Waals surface area contributed by atoms with Crippen molar-refractivity contribution in [3.8, 4) is 6.07 Å². The van der Waals surface area contributed by atoms with E-state index in [1.807, 2.05) is 6.07 Å². The van der Waals surface area contributed by atoms with Crippen LogP contribution in [-0.2, 0) is 0 Å². The number of benzene rings is 1. The molecule has 11 heavy (non-hydrogen) atoms. The third-order valence-electron chi connectivity index (χ3n) is 1.24. The molecular formula is C7H6ClN3. The summed E-state index contributed by atoms with van der Waals surface area (Å²) >= 11 is 5.66. The molecule has 0 heterocycles. The van der Waals surface area contributed by atoms with E-state index in [-0.39, 0.29) is 5.02 Å². The first-order valence-electron chi connectivity index (χ1n) is 2.89. The maximum absolute atomic E-state index is 8.52. The molecule has 4 heteroatoms. The van der Waals surface area contributed by atoms with Crippen molar-refractivity contribution in [3.63, 3.8) is 0 Å². The van der Waals surface area contributed by atoms with Crippen molar-refractivity contribution < 1.29 is 0 Å². The van der Waals surface area contributed by atoms with Gasteiger partial charge in [-0.05, 0) is 12.1 Å². The number of nitrogens with two attached hydrogens (primary N) is 2. The molecule has 1 aromatic rings. The van der Waals surface area contributed by atoms with Crippen molar-refractivity contribution in [1.82, 2.24) is 0 Å². The van der Waals surface area contributed by atoms with Crippen LogP contribution in [0.5, 0.6) is 0 Å².